The first-order valence-electron chi connectivity index (χ1n) is 8.93. The molecule has 2 aromatic rings. The number of carbonyl (C=O) groups is 3. The Balaban J connectivity index is 1.72. The Morgan fingerprint density at radius 1 is 1.14 bits per heavy atom. The average Bonchev–Trinajstić information content (AvgIpc) is 2.97. The first-order valence-corrected chi connectivity index (χ1v) is 9.74. The summed E-state index contributed by atoms with van der Waals surface area (Å²) >= 11 is 0.799. The molecule has 2 aromatic carbocycles. The van der Waals surface area contributed by atoms with Gasteiger partial charge in [-0.05, 0) is 54.6 Å². The minimum atomic E-state index is -0.504. The third-order valence-corrected chi connectivity index (χ3v) is 4.93. The van der Waals surface area contributed by atoms with Gasteiger partial charge in [-0.15, -0.1) is 0 Å². The smallest absolute Gasteiger partial charge is 0.294 e. The Bertz CT molecular complexity index is 959. The maximum absolute atomic E-state index is 12.6. The van der Waals surface area contributed by atoms with E-state index in [1.807, 2.05) is 13.0 Å². The molecule has 7 nitrogen and oxygen atoms in total. The third kappa shape index (κ3) is 4.97. The van der Waals surface area contributed by atoms with E-state index >= 15 is 0 Å². The van der Waals surface area contributed by atoms with E-state index in [1.165, 1.54) is 7.11 Å². The number of imide groups is 1. The zero-order chi connectivity index (χ0) is 20.8. The second kappa shape index (κ2) is 9.29. The summed E-state index contributed by atoms with van der Waals surface area (Å²) in [7, 11) is 1.53. The largest absolute Gasteiger partial charge is 0.493 e. The number of rotatable bonds is 7. The minimum Gasteiger partial charge on any atom is -0.493 e. The summed E-state index contributed by atoms with van der Waals surface area (Å²) in [6.45, 7) is 2.03. The Hall–Kier alpha value is -3.26. The van der Waals surface area contributed by atoms with Gasteiger partial charge in [0.15, 0.2) is 11.5 Å². The van der Waals surface area contributed by atoms with Crippen molar-refractivity contribution in [1.29, 1.82) is 0 Å². The van der Waals surface area contributed by atoms with Crippen molar-refractivity contribution < 1.29 is 23.9 Å². The summed E-state index contributed by atoms with van der Waals surface area (Å²) in [5, 5.41) is 2.18. The zero-order valence-corrected chi connectivity index (χ0v) is 16.8. The van der Waals surface area contributed by atoms with Crippen LogP contribution in [0.1, 0.15) is 12.5 Å². The van der Waals surface area contributed by atoms with E-state index < -0.39 is 17.1 Å². The van der Waals surface area contributed by atoms with Crippen molar-refractivity contribution in [1.82, 2.24) is 4.90 Å². The van der Waals surface area contributed by atoms with Crippen LogP contribution in [0.5, 0.6) is 11.5 Å². The van der Waals surface area contributed by atoms with Crippen LogP contribution in [0.4, 0.5) is 10.5 Å². The van der Waals surface area contributed by atoms with E-state index in [2.05, 4.69) is 5.32 Å². The lowest BCUT2D eigenvalue weighted by atomic mass is 10.2. The SMILES string of the molecule is CCOc1ccc(/C=C2/SC(=O)N(CC(=O)Nc3ccccc3)C2=O)cc1OC. The van der Waals surface area contributed by atoms with Gasteiger partial charge in [0.25, 0.3) is 11.1 Å². The number of methoxy groups -OCH3 is 1. The number of anilines is 1. The molecule has 1 N–H and O–H groups in total. The predicted octanol–water partition coefficient (Wildman–Crippen LogP) is 3.77. The van der Waals surface area contributed by atoms with Gasteiger partial charge in [-0.2, -0.15) is 0 Å². The van der Waals surface area contributed by atoms with Crippen molar-refractivity contribution in [3.63, 3.8) is 0 Å². The number of benzene rings is 2. The van der Waals surface area contributed by atoms with Gasteiger partial charge in [0.2, 0.25) is 5.91 Å². The fourth-order valence-electron chi connectivity index (χ4n) is 2.70. The predicted molar refractivity (Wildman–Crippen MR) is 112 cm³/mol. The molecule has 150 valence electrons. The van der Waals surface area contributed by atoms with E-state index in [0.717, 1.165) is 16.7 Å². The molecule has 29 heavy (non-hydrogen) atoms. The zero-order valence-electron chi connectivity index (χ0n) is 16.0. The number of para-hydroxylation sites is 1. The molecule has 1 heterocycles. The van der Waals surface area contributed by atoms with Crippen LogP contribution in [0.3, 0.4) is 0 Å². The lowest BCUT2D eigenvalue weighted by Crippen LogP contribution is -2.36. The van der Waals surface area contributed by atoms with Crippen LogP contribution in [0.25, 0.3) is 6.08 Å². The van der Waals surface area contributed by atoms with E-state index in [4.69, 9.17) is 9.47 Å². The number of hydrogen-bond acceptors (Lipinski definition) is 6. The molecule has 0 atom stereocenters. The summed E-state index contributed by atoms with van der Waals surface area (Å²) in [4.78, 5) is 38.2. The molecule has 1 fully saturated rings. The van der Waals surface area contributed by atoms with Crippen molar-refractivity contribution in [2.45, 2.75) is 6.92 Å². The number of carbonyl (C=O) groups excluding carboxylic acids is 3. The highest BCUT2D eigenvalue weighted by molar-refractivity contribution is 8.18. The molecule has 3 amide bonds. The lowest BCUT2D eigenvalue weighted by Gasteiger charge is -2.12. The quantitative estimate of drug-likeness (QED) is 0.697. The second-order valence-corrected chi connectivity index (χ2v) is 7.02. The summed E-state index contributed by atoms with van der Waals surface area (Å²) in [6, 6.07) is 14.1. The highest BCUT2D eigenvalue weighted by atomic mass is 32.2. The molecule has 3 rings (SSSR count). The van der Waals surface area contributed by atoms with Crippen molar-refractivity contribution in [2.75, 3.05) is 25.6 Å². The van der Waals surface area contributed by atoms with Gasteiger partial charge in [-0.3, -0.25) is 19.3 Å². The molecule has 0 aliphatic carbocycles. The Morgan fingerprint density at radius 2 is 1.90 bits per heavy atom. The Kier molecular flexibility index (Phi) is 6.56. The fourth-order valence-corrected chi connectivity index (χ4v) is 3.54. The highest BCUT2D eigenvalue weighted by Gasteiger charge is 2.36. The van der Waals surface area contributed by atoms with Gasteiger partial charge in [0.05, 0.1) is 18.6 Å². The Morgan fingerprint density at radius 3 is 2.59 bits per heavy atom. The van der Waals surface area contributed by atoms with Crippen molar-refractivity contribution in [2.24, 2.45) is 0 Å². The maximum Gasteiger partial charge on any atom is 0.294 e. The summed E-state index contributed by atoms with van der Waals surface area (Å²) in [5.41, 5.74) is 1.28. The first kappa shape index (κ1) is 20.5. The Labute approximate surface area is 172 Å². The van der Waals surface area contributed by atoms with Gasteiger partial charge in [-0.25, -0.2) is 0 Å². The standard InChI is InChI=1S/C21H20N2O5S/c1-3-28-16-10-9-14(11-17(16)27-2)12-18-20(25)23(21(26)29-18)13-19(24)22-15-7-5-4-6-8-15/h4-12H,3,13H2,1-2H3,(H,22,24)/b18-12+. The molecule has 0 radical (unpaired) electrons. The van der Waals surface area contributed by atoms with Crippen LogP contribution in [0.2, 0.25) is 0 Å². The second-order valence-electron chi connectivity index (χ2n) is 6.03. The molecular weight excluding hydrogens is 392 g/mol. The summed E-state index contributed by atoms with van der Waals surface area (Å²) in [5.74, 6) is 0.179. The van der Waals surface area contributed by atoms with Gasteiger partial charge >= 0.3 is 0 Å². The number of nitrogens with zero attached hydrogens (tertiary/aromatic N) is 1. The number of amides is 3. The van der Waals surface area contributed by atoms with Gasteiger partial charge in [-0.1, -0.05) is 24.3 Å². The maximum atomic E-state index is 12.6. The van der Waals surface area contributed by atoms with E-state index in [1.54, 1.807) is 48.5 Å². The third-order valence-electron chi connectivity index (χ3n) is 4.02. The van der Waals surface area contributed by atoms with Crippen molar-refractivity contribution in [3.8, 4) is 11.5 Å². The molecule has 0 spiro atoms. The van der Waals surface area contributed by atoms with Crippen LogP contribution in [0, 0.1) is 0 Å². The monoisotopic (exact) mass is 412 g/mol. The van der Waals surface area contributed by atoms with Crippen LogP contribution >= 0.6 is 11.8 Å². The highest BCUT2D eigenvalue weighted by Crippen LogP contribution is 2.34. The molecule has 1 saturated heterocycles. The topological polar surface area (TPSA) is 84.9 Å². The first-order chi connectivity index (χ1) is 14.0. The van der Waals surface area contributed by atoms with E-state index in [9.17, 15) is 14.4 Å². The van der Waals surface area contributed by atoms with Gasteiger partial charge < -0.3 is 14.8 Å². The molecule has 1 aliphatic rings. The number of thioether (sulfide) groups is 1. The molecule has 0 aromatic heterocycles. The van der Waals surface area contributed by atoms with Crippen LogP contribution in [-0.4, -0.2) is 42.2 Å². The number of ether oxygens (including phenoxy) is 2. The molecule has 0 bridgehead atoms. The summed E-state index contributed by atoms with van der Waals surface area (Å²) in [6.07, 6.45) is 1.60. The van der Waals surface area contributed by atoms with Crippen molar-refractivity contribution in [3.05, 3.63) is 59.0 Å². The average molecular weight is 412 g/mol. The molecule has 8 heteroatoms. The fraction of sp³-hybridized carbons (Fsp3) is 0.190. The van der Waals surface area contributed by atoms with Gasteiger partial charge in [0, 0.05) is 5.69 Å². The lowest BCUT2D eigenvalue weighted by molar-refractivity contribution is -0.127. The number of hydrogen-bond donors (Lipinski definition) is 1. The molecule has 0 saturated carbocycles. The van der Waals surface area contributed by atoms with Crippen LogP contribution in [0.15, 0.2) is 53.4 Å². The van der Waals surface area contributed by atoms with E-state index in [0.29, 0.717) is 29.4 Å². The molecule has 0 unspecified atom stereocenters. The van der Waals surface area contributed by atoms with Crippen LogP contribution in [-0.2, 0) is 9.59 Å². The van der Waals surface area contributed by atoms with Crippen molar-refractivity contribution >= 4 is 40.6 Å². The normalized spacial score (nSPS) is 15.0. The van der Waals surface area contributed by atoms with Crippen LogP contribution < -0.4 is 14.8 Å². The van der Waals surface area contributed by atoms with Gasteiger partial charge in [0.1, 0.15) is 6.54 Å². The molecular formula is C21H20N2O5S. The number of nitrogens with one attached hydrogen (secondary N) is 1. The van der Waals surface area contributed by atoms with E-state index in [-0.39, 0.29) is 11.4 Å². The minimum absolute atomic E-state index is 0.244. The summed E-state index contributed by atoms with van der Waals surface area (Å²) < 4.78 is 10.8. The molecule has 1 aliphatic heterocycles.